The Balaban J connectivity index is 0.00000324. The summed E-state index contributed by atoms with van der Waals surface area (Å²) in [6.45, 7) is -2.22. The molecule has 4 nitrogen and oxygen atoms in total. The van der Waals surface area contributed by atoms with Crippen LogP contribution in [-0.4, -0.2) is 33.2 Å². The predicted octanol–water partition coefficient (Wildman–Crippen LogP) is 2.24. The summed E-state index contributed by atoms with van der Waals surface area (Å²) in [6.07, 6.45) is 0.573. The smallest absolute Gasteiger partial charge is 0.387 e. The van der Waals surface area contributed by atoms with Crippen molar-refractivity contribution in [2.45, 2.75) is 13.0 Å². The number of benzene rings is 1. The van der Waals surface area contributed by atoms with Gasteiger partial charge in [-0.2, -0.15) is 8.78 Å². The van der Waals surface area contributed by atoms with E-state index >= 15 is 0 Å². The number of nitrogens with zero attached hydrogens (tertiary/aromatic N) is 1. The number of aliphatic imine (C=N–C) groups is 1. The Hall–Kier alpha value is -1.12. The van der Waals surface area contributed by atoms with E-state index in [-0.39, 0.29) is 29.7 Å². The van der Waals surface area contributed by atoms with Gasteiger partial charge in [0.05, 0.1) is 0 Å². The molecule has 0 fully saturated rings. The van der Waals surface area contributed by atoms with Gasteiger partial charge < -0.3 is 15.4 Å². The highest BCUT2D eigenvalue weighted by Crippen LogP contribution is 2.20. The first-order chi connectivity index (χ1) is 8.67. The van der Waals surface area contributed by atoms with E-state index in [1.54, 1.807) is 32.3 Å². The summed E-state index contributed by atoms with van der Waals surface area (Å²) >= 11 is 0. The first kappa shape index (κ1) is 17.9. The van der Waals surface area contributed by atoms with Crippen LogP contribution in [-0.2, 0) is 6.42 Å². The van der Waals surface area contributed by atoms with Gasteiger partial charge in [-0.1, -0.05) is 18.2 Å². The van der Waals surface area contributed by atoms with E-state index in [9.17, 15) is 8.78 Å². The van der Waals surface area contributed by atoms with Crippen LogP contribution < -0.4 is 15.4 Å². The van der Waals surface area contributed by atoms with Crippen molar-refractivity contribution in [1.82, 2.24) is 10.6 Å². The van der Waals surface area contributed by atoms with E-state index in [0.29, 0.717) is 18.9 Å². The molecule has 0 heterocycles. The average Bonchev–Trinajstić information content (AvgIpc) is 2.36. The molecule has 1 aromatic rings. The van der Waals surface area contributed by atoms with Crippen LogP contribution in [0.3, 0.4) is 0 Å². The second kappa shape index (κ2) is 9.76. The summed E-state index contributed by atoms with van der Waals surface area (Å²) in [7, 11) is 3.41. The Morgan fingerprint density at radius 2 is 2.05 bits per heavy atom. The molecule has 0 aliphatic carbocycles. The molecule has 0 atom stereocenters. The largest absolute Gasteiger partial charge is 0.435 e. The SMILES string of the molecule is CN=C(NC)NCCc1ccccc1OC(F)F.I. The molecule has 0 radical (unpaired) electrons. The number of para-hydroxylation sites is 1. The molecule has 0 spiro atoms. The molecule has 1 rings (SSSR count). The standard InChI is InChI=1S/C12H17F2N3O.HI/c1-15-12(16-2)17-8-7-9-5-3-4-6-10(9)18-11(13)14;/h3-6,11H,7-8H2,1-2H3,(H2,15,16,17);1H. The lowest BCUT2D eigenvalue weighted by Crippen LogP contribution is -2.35. The second-order valence-corrected chi connectivity index (χ2v) is 3.49. The highest BCUT2D eigenvalue weighted by molar-refractivity contribution is 14.0. The lowest BCUT2D eigenvalue weighted by molar-refractivity contribution is -0.0504. The fraction of sp³-hybridized carbons (Fsp3) is 0.417. The number of nitrogens with one attached hydrogen (secondary N) is 2. The fourth-order valence-electron chi connectivity index (χ4n) is 1.52. The minimum atomic E-state index is -2.80. The lowest BCUT2D eigenvalue weighted by Gasteiger charge is -2.12. The van der Waals surface area contributed by atoms with E-state index < -0.39 is 6.61 Å². The van der Waals surface area contributed by atoms with Crippen LogP contribution in [0.15, 0.2) is 29.3 Å². The summed E-state index contributed by atoms with van der Waals surface area (Å²) in [4.78, 5) is 3.95. The van der Waals surface area contributed by atoms with E-state index in [0.717, 1.165) is 5.56 Å². The van der Waals surface area contributed by atoms with Gasteiger partial charge in [-0.05, 0) is 18.1 Å². The Labute approximate surface area is 128 Å². The normalized spacial score (nSPS) is 10.9. The van der Waals surface area contributed by atoms with Gasteiger partial charge in [0.15, 0.2) is 5.96 Å². The minimum Gasteiger partial charge on any atom is -0.435 e. The van der Waals surface area contributed by atoms with E-state index in [4.69, 9.17) is 0 Å². The van der Waals surface area contributed by atoms with Crippen LogP contribution >= 0.6 is 24.0 Å². The van der Waals surface area contributed by atoms with Gasteiger partial charge in [-0.25, -0.2) is 0 Å². The average molecular weight is 385 g/mol. The van der Waals surface area contributed by atoms with Crippen molar-refractivity contribution in [1.29, 1.82) is 0 Å². The van der Waals surface area contributed by atoms with Crippen molar-refractivity contribution in [3.63, 3.8) is 0 Å². The number of hydrogen-bond acceptors (Lipinski definition) is 2. The molecular weight excluding hydrogens is 367 g/mol. The second-order valence-electron chi connectivity index (χ2n) is 3.49. The molecule has 0 aliphatic heterocycles. The van der Waals surface area contributed by atoms with Crippen molar-refractivity contribution in [2.24, 2.45) is 4.99 Å². The maximum absolute atomic E-state index is 12.2. The van der Waals surface area contributed by atoms with Crippen LogP contribution in [0.4, 0.5) is 8.78 Å². The molecule has 0 aliphatic rings. The number of rotatable bonds is 5. The topological polar surface area (TPSA) is 45.7 Å². The molecular formula is C12H18F2IN3O. The number of ether oxygens (including phenoxy) is 1. The van der Waals surface area contributed by atoms with Crippen molar-refractivity contribution in [3.8, 4) is 5.75 Å². The van der Waals surface area contributed by atoms with Gasteiger partial charge in [-0.15, -0.1) is 24.0 Å². The van der Waals surface area contributed by atoms with Gasteiger partial charge >= 0.3 is 6.61 Å². The Kier molecular flexibility index (Phi) is 9.19. The van der Waals surface area contributed by atoms with Gasteiger partial charge in [-0.3, -0.25) is 4.99 Å². The zero-order valence-corrected chi connectivity index (χ0v) is 13.2. The van der Waals surface area contributed by atoms with Gasteiger partial charge in [0.2, 0.25) is 0 Å². The van der Waals surface area contributed by atoms with Crippen molar-refractivity contribution in [2.75, 3.05) is 20.6 Å². The molecule has 0 saturated carbocycles. The minimum absolute atomic E-state index is 0. The summed E-state index contributed by atoms with van der Waals surface area (Å²) in [5, 5.41) is 5.92. The Morgan fingerprint density at radius 1 is 1.37 bits per heavy atom. The molecule has 0 bridgehead atoms. The van der Waals surface area contributed by atoms with E-state index in [1.165, 1.54) is 6.07 Å². The maximum Gasteiger partial charge on any atom is 0.387 e. The zero-order chi connectivity index (χ0) is 13.4. The van der Waals surface area contributed by atoms with Crippen molar-refractivity contribution in [3.05, 3.63) is 29.8 Å². The first-order valence-electron chi connectivity index (χ1n) is 5.58. The number of hydrogen-bond donors (Lipinski definition) is 2. The third-order valence-corrected chi connectivity index (χ3v) is 2.34. The van der Waals surface area contributed by atoms with Crippen LogP contribution in [0.25, 0.3) is 0 Å². The number of guanidine groups is 1. The Bertz CT molecular complexity index is 402. The third-order valence-electron chi connectivity index (χ3n) is 2.34. The van der Waals surface area contributed by atoms with Gasteiger partial charge in [0, 0.05) is 20.6 Å². The molecule has 0 saturated heterocycles. The van der Waals surface area contributed by atoms with Gasteiger partial charge in [0.1, 0.15) is 5.75 Å². The third kappa shape index (κ3) is 6.55. The van der Waals surface area contributed by atoms with E-state index in [2.05, 4.69) is 20.4 Å². The molecule has 0 amide bonds. The molecule has 7 heteroatoms. The lowest BCUT2D eigenvalue weighted by atomic mass is 10.1. The summed E-state index contributed by atoms with van der Waals surface area (Å²) in [6, 6.07) is 6.76. The molecule has 1 aromatic carbocycles. The van der Waals surface area contributed by atoms with Crippen LogP contribution in [0.2, 0.25) is 0 Å². The molecule has 108 valence electrons. The maximum atomic E-state index is 12.2. The molecule has 2 N–H and O–H groups in total. The van der Waals surface area contributed by atoms with E-state index in [1.807, 2.05) is 0 Å². The number of halogens is 3. The predicted molar refractivity (Wildman–Crippen MR) is 82.6 cm³/mol. The van der Waals surface area contributed by atoms with Crippen LogP contribution in [0.5, 0.6) is 5.75 Å². The van der Waals surface area contributed by atoms with Crippen molar-refractivity contribution < 1.29 is 13.5 Å². The van der Waals surface area contributed by atoms with Crippen LogP contribution in [0, 0.1) is 0 Å². The quantitative estimate of drug-likeness (QED) is 0.465. The molecule has 0 aromatic heterocycles. The summed E-state index contributed by atoms with van der Waals surface area (Å²) in [5.41, 5.74) is 0.733. The number of alkyl halides is 2. The first-order valence-corrected chi connectivity index (χ1v) is 5.58. The monoisotopic (exact) mass is 385 g/mol. The summed E-state index contributed by atoms with van der Waals surface area (Å²) in [5.74, 6) is 0.871. The Morgan fingerprint density at radius 3 is 2.63 bits per heavy atom. The van der Waals surface area contributed by atoms with Crippen LogP contribution in [0.1, 0.15) is 5.56 Å². The molecule has 0 unspecified atom stereocenters. The summed E-state index contributed by atoms with van der Waals surface area (Å²) < 4.78 is 28.8. The highest BCUT2D eigenvalue weighted by atomic mass is 127. The van der Waals surface area contributed by atoms with Crippen molar-refractivity contribution >= 4 is 29.9 Å². The molecule has 19 heavy (non-hydrogen) atoms. The van der Waals surface area contributed by atoms with Gasteiger partial charge in [0.25, 0.3) is 0 Å². The fourth-order valence-corrected chi connectivity index (χ4v) is 1.52. The zero-order valence-electron chi connectivity index (χ0n) is 10.8. The highest BCUT2D eigenvalue weighted by Gasteiger charge is 2.08.